The van der Waals surface area contributed by atoms with Crippen molar-refractivity contribution in [1.82, 2.24) is 40.1 Å². The van der Waals surface area contributed by atoms with E-state index in [0.717, 1.165) is 62.6 Å². The molecule has 0 amide bonds. The van der Waals surface area contributed by atoms with Gasteiger partial charge in [0.15, 0.2) is 17.4 Å². The van der Waals surface area contributed by atoms with Gasteiger partial charge in [-0.1, -0.05) is 6.07 Å². The van der Waals surface area contributed by atoms with Crippen LogP contribution in [0.2, 0.25) is 0 Å². The molecule has 1 saturated heterocycles. The summed E-state index contributed by atoms with van der Waals surface area (Å²) in [5, 5.41) is 15.1. The van der Waals surface area contributed by atoms with Gasteiger partial charge < -0.3 is 15.5 Å². The molecule has 0 spiro atoms. The summed E-state index contributed by atoms with van der Waals surface area (Å²) in [7, 11) is 1.77. The number of guanidine groups is 1. The lowest BCUT2D eigenvalue weighted by atomic mass is 10.3. The summed E-state index contributed by atoms with van der Waals surface area (Å²) in [6.07, 6.45) is 5.54. The van der Waals surface area contributed by atoms with Gasteiger partial charge in [0, 0.05) is 64.9 Å². The molecule has 0 aliphatic carbocycles. The number of rotatable bonds is 6. The van der Waals surface area contributed by atoms with E-state index < -0.39 is 0 Å². The van der Waals surface area contributed by atoms with E-state index in [1.54, 1.807) is 19.4 Å². The first-order valence-electron chi connectivity index (χ1n) is 9.81. The first-order valence-corrected chi connectivity index (χ1v) is 9.81. The molecule has 10 nitrogen and oxygen atoms in total. The largest absolute Gasteiger partial charge is 0.355 e. The summed E-state index contributed by atoms with van der Waals surface area (Å²) in [6.45, 7) is 6.21. The molecule has 2 N–H and O–H groups in total. The second kappa shape index (κ2) is 9.28. The van der Waals surface area contributed by atoms with Crippen LogP contribution in [0.3, 0.4) is 0 Å². The van der Waals surface area contributed by atoms with Crippen molar-refractivity contribution >= 4 is 17.6 Å². The van der Waals surface area contributed by atoms with Gasteiger partial charge in [-0.15, -0.1) is 10.2 Å². The van der Waals surface area contributed by atoms with Crippen LogP contribution in [0.5, 0.6) is 0 Å². The number of aromatic nitrogens is 5. The van der Waals surface area contributed by atoms with Crippen LogP contribution in [0.1, 0.15) is 5.82 Å². The van der Waals surface area contributed by atoms with Crippen molar-refractivity contribution in [2.45, 2.75) is 6.54 Å². The molecular formula is C19H26N10. The number of hydrogen-bond donors (Lipinski definition) is 2. The lowest BCUT2D eigenvalue weighted by Gasteiger charge is -2.34. The molecule has 1 aliphatic rings. The average Bonchev–Trinajstić information content (AvgIpc) is 3.20. The minimum atomic E-state index is 0.556. The first-order chi connectivity index (χ1) is 14.3. The monoisotopic (exact) mass is 394 g/mol. The molecule has 3 aromatic rings. The summed E-state index contributed by atoms with van der Waals surface area (Å²) in [6, 6.07) is 7.70. The number of nitrogens with one attached hydrogen (secondary N) is 2. The maximum Gasteiger partial charge on any atom is 0.225 e. The fourth-order valence-electron chi connectivity index (χ4n) is 3.35. The van der Waals surface area contributed by atoms with Gasteiger partial charge >= 0.3 is 0 Å². The predicted octanol–water partition coefficient (Wildman–Crippen LogP) is 0.00650. The van der Waals surface area contributed by atoms with Crippen molar-refractivity contribution in [3.63, 3.8) is 0 Å². The SMILES string of the molecule is CN=C(NCCN1CCN(c2ncccn2)CC1)NCc1nnc2ccccn12. The van der Waals surface area contributed by atoms with Crippen LogP contribution < -0.4 is 15.5 Å². The lowest BCUT2D eigenvalue weighted by molar-refractivity contribution is 0.260. The highest BCUT2D eigenvalue weighted by Gasteiger charge is 2.18. The Morgan fingerprint density at radius 1 is 1.03 bits per heavy atom. The minimum absolute atomic E-state index is 0.556. The van der Waals surface area contributed by atoms with Crippen LogP contribution in [0.15, 0.2) is 47.8 Å². The molecule has 29 heavy (non-hydrogen) atoms. The van der Waals surface area contributed by atoms with Crippen molar-refractivity contribution in [2.75, 3.05) is 51.2 Å². The van der Waals surface area contributed by atoms with Gasteiger partial charge in [-0.25, -0.2) is 9.97 Å². The molecule has 0 atom stereocenters. The zero-order valence-electron chi connectivity index (χ0n) is 16.6. The molecule has 10 heteroatoms. The number of piperazine rings is 1. The van der Waals surface area contributed by atoms with E-state index in [-0.39, 0.29) is 0 Å². The normalized spacial score (nSPS) is 15.6. The van der Waals surface area contributed by atoms with Gasteiger partial charge in [-0.2, -0.15) is 0 Å². The molecule has 3 aromatic heterocycles. The topological polar surface area (TPSA) is 98.9 Å². The quantitative estimate of drug-likeness (QED) is 0.446. The Balaban J connectivity index is 1.19. The highest BCUT2D eigenvalue weighted by atomic mass is 15.3. The molecule has 4 heterocycles. The van der Waals surface area contributed by atoms with E-state index in [0.29, 0.717) is 6.54 Å². The second-order valence-electron chi connectivity index (χ2n) is 6.78. The summed E-state index contributed by atoms with van der Waals surface area (Å²) in [5.41, 5.74) is 0.840. The predicted molar refractivity (Wildman–Crippen MR) is 112 cm³/mol. The second-order valence-corrected chi connectivity index (χ2v) is 6.78. The van der Waals surface area contributed by atoms with E-state index in [1.807, 2.05) is 34.9 Å². The van der Waals surface area contributed by atoms with Crippen molar-refractivity contribution in [3.05, 3.63) is 48.7 Å². The molecular weight excluding hydrogens is 368 g/mol. The molecule has 0 radical (unpaired) electrons. The van der Waals surface area contributed by atoms with E-state index in [9.17, 15) is 0 Å². The highest BCUT2D eigenvalue weighted by Crippen LogP contribution is 2.09. The van der Waals surface area contributed by atoms with Crippen molar-refractivity contribution in [1.29, 1.82) is 0 Å². The first kappa shape index (κ1) is 19.1. The van der Waals surface area contributed by atoms with Crippen molar-refractivity contribution < 1.29 is 0 Å². The Labute approximate surface area is 169 Å². The average molecular weight is 394 g/mol. The molecule has 152 valence electrons. The van der Waals surface area contributed by atoms with Gasteiger partial charge in [-0.05, 0) is 18.2 Å². The Bertz CT molecular complexity index is 930. The summed E-state index contributed by atoms with van der Waals surface area (Å²) in [5.74, 6) is 2.42. The summed E-state index contributed by atoms with van der Waals surface area (Å²) < 4.78 is 1.97. The van der Waals surface area contributed by atoms with Gasteiger partial charge in [0.05, 0.1) is 6.54 Å². The minimum Gasteiger partial charge on any atom is -0.355 e. The van der Waals surface area contributed by atoms with Gasteiger partial charge in [0.2, 0.25) is 5.95 Å². The molecule has 0 bridgehead atoms. The van der Waals surface area contributed by atoms with Crippen LogP contribution >= 0.6 is 0 Å². The maximum atomic E-state index is 4.33. The van der Waals surface area contributed by atoms with E-state index in [2.05, 4.69) is 45.6 Å². The Hall–Kier alpha value is -3.27. The number of nitrogens with zero attached hydrogens (tertiary/aromatic N) is 8. The van der Waals surface area contributed by atoms with E-state index >= 15 is 0 Å². The van der Waals surface area contributed by atoms with Crippen LogP contribution in [-0.4, -0.2) is 81.7 Å². The van der Waals surface area contributed by atoms with E-state index in [4.69, 9.17) is 0 Å². The zero-order chi connectivity index (χ0) is 19.9. The third kappa shape index (κ3) is 4.77. The lowest BCUT2D eigenvalue weighted by Crippen LogP contribution is -2.49. The molecule has 0 saturated carbocycles. The molecule has 0 aromatic carbocycles. The molecule has 0 unspecified atom stereocenters. The van der Waals surface area contributed by atoms with Crippen molar-refractivity contribution in [3.8, 4) is 0 Å². The summed E-state index contributed by atoms with van der Waals surface area (Å²) >= 11 is 0. The van der Waals surface area contributed by atoms with E-state index in [1.165, 1.54) is 0 Å². The van der Waals surface area contributed by atoms with Crippen molar-refractivity contribution in [2.24, 2.45) is 4.99 Å². The Morgan fingerprint density at radius 3 is 2.66 bits per heavy atom. The Morgan fingerprint density at radius 2 is 1.86 bits per heavy atom. The van der Waals surface area contributed by atoms with Gasteiger partial charge in [-0.3, -0.25) is 14.3 Å². The Kier molecular flexibility index (Phi) is 6.10. The van der Waals surface area contributed by atoms with Gasteiger partial charge in [0.1, 0.15) is 0 Å². The third-order valence-corrected chi connectivity index (χ3v) is 4.95. The fraction of sp³-hybridized carbons (Fsp3) is 0.421. The number of anilines is 1. The van der Waals surface area contributed by atoms with Crippen LogP contribution in [-0.2, 0) is 6.54 Å². The maximum absolute atomic E-state index is 4.33. The smallest absolute Gasteiger partial charge is 0.225 e. The molecule has 1 aliphatic heterocycles. The third-order valence-electron chi connectivity index (χ3n) is 4.95. The molecule has 1 fully saturated rings. The number of hydrogen-bond acceptors (Lipinski definition) is 7. The van der Waals surface area contributed by atoms with Crippen LogP contribution in [0.4, 0.5) is 5.95 Å². The highest BCUT2D eigenvalue weighted by molar-refractivity contribution is 5.79. The summed E-state index contributed by atoms with van der Waals surface area (Å²) in [4.78, 5) is 17.6. The molecule has 4 rings (SSSR count). The standard InChI is InChI=1S/C19H26N10/c1-20-18(24-15-17-26-25-16-5-2-3-9-29(16)17)21-8-10-27-11-13-28(14-12-27)19-22-6-4-7-23-19/h2-7,9H,8,10-15H2,1H3,(H2,20,21,24). The van der Waals surface area contributed by atoms with Crippen LogP contribution in [0, 0.1) is 0 Å². The van der Waals surface area contributed by atoms with Gasteiger partial charge in [0.25, 0.3) is 0 Å². The zero-order valence-corrected chi connectivity index (χ0v) is 16.6. The number of fused-ring (bicyclic) bond motifs is 1. The van der Waals surface area contributed by atoms with Crippen LogP contribution in [0.25, 0.3) is 5.65 Å². The number of pyridine rings is 1. The fourth-order valence-corrected chi connectivity index (χ4v) is 3.35. The number of aliphatic imine (C=N–C) groups is 1.